The van der Waals surface area contributed by atoms with E-state index < -0.39 is 11.9 Å². The maximum atomic E-state index is 12.9. The first-order chi connectivity index (χ1) is 13.5. The number of halogens is 3. The van der Waals surface area contributed by atoms with Crippen molar-refractivity contribution in [1.82, 2.24) is 19.9 Å². The molecule has 0 aliphatic carbocycles. The predicted molar refractivity (Wildman–Crippen MR) is 96.5 cm³/mol. The molecule has 2 aromatic rings. The Kier molecular flexibility index (Phi) is 5.16. The Bertz CT molecular complexity index is 805. The molecule has 28 heavy (non-hydrogen) atoms. The second kappa shape index (κ2) is 7.74. The van der Waals surface area contributed by atoms with Crippen molar-refractivity contribution in [1.29, 1.82) is 0 Å². The van der Waals surface area contributed by atoms with Crippen molar-refractivity contribution >= 4 is 17.6 Å². The lowest BCUT2D eigenvalue weighted by Gasteiger charge is -2.36. The number of ether oxygens (including phenoxy) is 1. The topological polar surface area (TPSA) is 70.5 Å². The molecule has 4 rings (SSSR count). The van der Waals surface area contributed by atoms with Crippen LogP contribution in [0.4, 0.5) is 30.8 Å². The lowest BCUT2D eigenvalue weighted by Crippen LogP contribution is -2.47. The van der Waals surface area contributed by atoms with E-state index in [4.69, 9.17) is 4.74 Å². The minimum Gasteiger partial charge on any atom is -0.378 e. The molecule has 0 aromatic carbocycles. The minimum absolute atomic E-state index is 0.103. The van der Waals surface area contributed by atoms with E-state index in [0.29, 0.717) is 39.4 Å². The molecular formula is C17H20F3N7O. The zero-order chi connectivity index (χ0) is 19.6. The summed E-state index contributed by atoms with van der Waals surface area (Å²) in [5.74, 6) is 1.77. The summed E-state index contributed by atoms with van der Waals surface area (Å²) in [7, 11) is 0. The van der Waals surface area contributed by atoms with E-state index in [2.05, 4.69) is 29.7 Å². The van der Waals surface area contributed by atoms with Gasteiger partial charge in [-0.2, -0.15) is 13.2 Å². The Hall–Kier alpha value is -2.69. The first kappa shape index (κ1) is 18.7. The maximum Gasteiger partial charge on any atom is 0.433 e. The molecule has 0 spiro atoms. The van der Waals surface area contributed by atoms with E-state index in [0.717, 1.165) is 37.0 Å². The zero-order valence-corrected chi connectivity index (χ0v) is 15.1. The number of aromatic nitrogens is 4. The van der Waals surface area contributed by atoms with Gasteiger partial charge in [0.1, 0.15) is 23.7 Å². The fourth-order valence-corrected chi connectivity index (χ4v) is 3.27. The lowest BCUT2D eigenvalue weighted by molar-refractivity contribution is -0.141. The van der Waals surface area contributed by atoms with Crippen molar-refractivity contribution in [2.75, 3.05) is 67.2 Å². The smallest absolute Gasteiger partial charge is 0.378 e. The molecule has 4 heterocycles. The summed E-state index contributed by atoms with van der Waals surface area (Å²) >= 11 is 0. The van der Waals surface area contributed by atoms with Crippen molar-refractivity contribution < 1.29 is 17.9 Å². The van der Waals surface area contributed by atoms with Gasteiger partial charge in [0.15, 0.2) is 0 Å². The van der Waals surface area contributed by atoms with Gasteiger partial charge < -0.3 is 19.4 Å². The van der Waals surface area contributed by atoms with E-state index in [1.807, 2.05) is 6.07 Å². The van der Waals surface area contributed by atoms with E-state index in [-0.39, 0.29) is 5.95 Å². The van der Waals surface area contributed by atoms with Gasteiger partial charge in [0, 0.05) is 51.5 Å². The van der Waals surface area contributed by atoms with Gasteiger partial charge in [-0.1, -0.05) is 0 Å². The number of piperazine rings is 1. The Balaban J connectivity index is 1.42. The normalized spacial score (nSPS) is 18.5. The fourth-order valence-electron chi connectivity index (χ4n) is 3.27. The molecule has 2 saturated heterocycles. The highest BCUT2D eigenvalue weighted by atomic mass is 19.4. The highest BCUT2D eigenvalue weighted by molar-refractivity contribution is 5.51. The van der Waals surface area contributed by atoms with Crippen molar-refractivity contribution in [3.63, 3.8) is 0 Å². The van der Waals surface area contributed by atoms with Crippen LogP contribution in [0.5, 0.6) is 0 Å². The van der Waals surface area contributed by atoms with Gasteiger partial charge >= 0.3 is 6.18 Å². The fraction of sp³-hybridized carbons (Fsp3) is 0.529. The number of nitrogens with zero attached hydrogens (tertiary/aromatic N) is 7. The Morgan fingerprint density at radius 2 is 1.43 bits per heavy atom. The molecule has 8 nitrogen and oxygen atoms in total. The van der Waals surface area contributed by atoms with Crippen LogP contribution in [0.3, 0.4) is 0 Å². The van der Waals surface area contributed by atoms with Gasteiger partial charge in [-0.3, -0.25) is 0 Å². The third-order valence-corrected chi connectivity index (χ3v) is 4.79. The second-order valence-corrected chi connectivity index (χ2v) is 6.55. The van der Waals surface area contributed by atoms with Crippen LogP contribution in [0.15, 0.2) is 24.7 Å². The minimum atomic E-state index is -4.48. The van der Waals surface area contributed by atoms with Crippen molar-refractivity contribution in [3.05, 3.63) is 30.4 Å². The van der Waals surface area contributed by atoms with Crippen LogP contribution >= 0.6 is 0 Å². The number of hydrogen-bond acceptors (Lipinski definition) is 8. The highest BCUT2D eigenvalue weighted by Crippen LogP contribution is 2.28. The van der Waals surface area contributed by atoms with Gasteiger partial charge in [-0.05, 0) is 6.07 Å². The van der Waals surface area contributed by atoms with Crippen molar-refractivity contribution in [2.24, 2.45) is 0 Å². The predicted octanol–water partition coefficient (Wildman–Crippen LogP) is 1.45. The van der Waals surface area contributed by atoms with E-state index in [9.17, 15) is 13.2 Å². The summed E-state index contributed by atoms with van der Waals surface area (Å²) in [5, 5.41) is 0. The molecule has 150 valence electrons. The number of hydrogen-bond donors (Lipinski definition) is 0. The molecule has 0 saturated carbocycles. The van der Waals surface area contributed by atoms with Gasteiger partial charge in [0.25, 0.3) is 0 Å². The molecule has 11 heteroatoms. The number of anilines is 3. The summed E-state index contributed by atoms with van der Waals surface area (Å²) in [5.41, 5.74) is -0.925. The summed E-state index contributed by atoms with van der Waals surface area (Å²) in [6.45, 7) is 5.17. The molecule has 2 aliphatic heterocycles. The zero-order valence-electron chi connectivity index (χ0n) is 15.1. The average molecular weight is 395 g/mol. The van der Waals surface area contributed by atoms with E-state index in [1.54, 1.807) is 11.2 Å². The third-order valence-electron chi connectivity index (χ3n) is 4.79. The van der Waals surface area contributed by atoms with Crippen LogP contribution in [0.2, 0.25) is 0 Å². The molecular weight excluding hydrogens is 375 g/mol. The number of rotatable bonds is 3. The molecule has 0 amide bonds. The molecule has 0 bridgehead atoms. The lowest BCUT2D eigenvalue weighted by atomic mass is 10.3. The molecule has 0 unspecified atom stereocenters. The first-order valence-corrected chi connectivity index (χ1v) is 9.05. The first-order valence-electron chi connectivity index (χ1n) is 9.05. The average Bonchev–Trinajstić information content (AvgIpc) is 2.74. The Morgan fingerprint density at radius 1 is 0.821 bits per heavy atom. The van der Waals surface area contributed by atoms with Crippen LogP contribution in [-0.4, -0.2) is 72.4 Å². The summed E-state index contributed by atoms with van der Waals surface area (Å²) < 4.78 is 44.0. The Morgan fingerprint density at radius 3 is 2.07 bits per heavy atom. The molecule has 2 aliphatic rings. The van der Waals surface area contributed by atoms with Gasteiger partial charge in [0.2, 0.25) is 5.95 Å². The molecule has 0 radical (unpaired) electrons. The van der Waals surface area contributed by atoms with Crippen LogP contribution in [0, 0.1) is 0 Å². The van der Waals surface area contributed by atoms with Gasteiger partial charge in [-0.15, -0.1) is 0 Å². The highest BCUT2D eigenvalue weighted by Gasteiger charge is 2.33. The van der Waals surface area contributed by atoms with Crippen molar-refractivity contribution in [3.8, 4) is 0 Å². The third kappa shape index (κ3) is 4.08. The Labute approximate surface area is 160 Å². The number of morpholine rings is 1. The maximum absolute atomic E-state index is 12.9. The second-order valence-electron chi connectivity index (χ2n) is 6.55. The largest absolute Gasteiger partial charge is 0.433 e. The quantitative estimate of drug-likeness (QED) is 0.774. The summed E-state index contributed by atoms with van der Waals surface area (Å²) in [6.07, 6.45) is -1.78. The number of alkyl halides is 3. The molecule has 0 N–H and O–H groups in total. The van der Waals surface area contributed by atoms with Crippen molar-refractivity contribution in [2.45, 2.75) is 6.18 Å². The standard InChI is InChI=1S/C17H20F3N7O/c18-17(19,20)13-1-2-21-16(24-13)27-5-3-25(4-6-27)14-11-15(23-12-22-14)26-7-9-28-10-8-26/h1-2,11-12H,3-10H2. The van der Waals surface area contributed by atoms with Gasteiger partial charge in [-0.25, -0.2) is 19.9 Å². The molecule has 0 atom stereocenters. The summed E-state index contributed by atoms with van der Waals surface area (Å²) in [4.78, 5) is 22.4. The summed E-state index contributed by atoms with van der Waals surface area (Å²) in [6, 6.07) is 2.83. The van der Waals surface area contributed by atoms with E-state index in [1.165, 1.54) is 0 Å². The monoisotopic (exact) mass is 395 g/mol. The van der Waals surface area contributed by atoms with Gasteiger partial charge in [0.05, 0.1) is 13.2 Å². The SMILES string of the molecule is FC(F)(F)c1ccnc(N2CCN(c3cc(N4CCOCC4)ncn3)CC2)n1. The van der Waals surface area contributed by atoms with Crippen LogP contribution in [0.25, 0.3) is 0 Å². The van der Waals surface area contributed by atoms with E-state index >= 15 is 0 Å². The molecule has 2 aromatic heterocycles. The van der Waals surface area contributed by atoms with Crippen LogP contribution in [-0.2, 0) is 10.9 Å². The van der Waals surface area contributed by atoms with Crippen LogP contribution in [0.1, 0.15) is 5.69 Å². The molecule has 2 fully saturated rings. The van der Waals surface area contributed by atoms with Crippen LogP contribution < -0.4 is 14.7 Å².